The molecule has 0 radical (unpaired) electrons. The lowest BCUT2D eigenvalue weighted by molar-refractivity contribution is -0.147. The van der Waals surface area contributed by atoms with E-state index in [0.29, 0.717) is 12.1 Å². The van der Waals surface area contributed by atoms with Gasteiger partial charge in [-0.15, -0.1) is 0 Å². The van der Waals surface area contributed by atoms with Crippen LogP contribution in [0.1, 0.15) is 38.3 Å². The Bertz CT molecular complexity index is 1820. The number of rotatable bonds is 5. The second kappa shape index (κ2) is 13.2. The summed E-state index contributed by atoms with van der Waals surface area (Å²) >= 11 is 0. The smallest absolute Gasteiger partial charge is 0.306 e. The van der Waals surface area contributed by atoms with E-state index in [1.54, 1.807) is 23.1 Å². The van der Waals surface area contributed by atoms with Crippen LogP contribution in [0.4, 0.5) is 5.69 Å². The third-order valence-electron chi connectivity index (χ3n) is 10.4. The number of hydrogen-bond acceptors (Lipinski definition) is 7. The fourth-order valence-corrected chi connectivity index (χ4v) is 7.93. The van der Waals surface area contributed by atoms with Crippen LogP contribution in [0.25, 0.3) is 10.8 Å². The van der Waals surface area contributed by atoms with Gasteiger partial charge in [0.2, 0.25) is 11.8 Å². The summed E-state index contributed by atoms with van der Waals surface area (Å²) in [5, 5.41) is 15.7. The largest absolute Gasteiger partial charge is 0.463 e. The molecule has 7 atom stereocenters. The van der Waals surface area contributed by atoms with Crippen LogP contribution in [0.15, 0.2) is 97.1 Å². The summed E-state index contributed by atoms with van der Waals surface area (Å²) in [6.45, 7) is 3.58. The van der Waals surface area contributed by atoms with Crippen LogP contribution >= 0.6 is 0 Å². The molecule has 10 heteroatoms. The van der Waals surface area contributed by atoms with Gasteiger partial charge in [-0.3, -0.25) is 19.2 Å². The van der Waals surface area contributed by atoms with Crippen LogP contribution in [0.5, 0.6) is 0 Å². The van der Waals surface area contributed by atoms with Crippen molar-refractivity contribution in [2.24, 2.45) is 17.8 Å². The van der Waals surface area contributed by atoms with Crippen molar-refractivity contribution in [1.82, 2.24) is 10.2 Å². The van der Waals surface area contributed by atoms with Gasteiger partial charge in [-0.25, -0.2) is 0 Å². The average molecular weight is 664 g/mol. The summed E-state index contributed by atoms with van der Waals surface area (Å²) in [5.74, 6) is -3.86. The molecule has 1 spiro atoms. The van der Waals surface area contributed by atoms with Crippen molar-refractivity contribution in [2.45, 2.75) is 56.5 Å². The van der Waals surface area contributed by atoms with E-state index in [1.165, 1.54) is 4.90 Å². The number of hydrogen-bond donors (Lipinski definition) is 2. The second-order valence-electron chi connectivity index (χ2n) is 13.6. The molecule has 4 heterocycles. The van der Waals surface area contributed by atoms with E-state index in [0.717, 1.165) is 16.3 Å². The SMILES string of the molecule is CC(C)[C@H](CO)N1C(=O)[C@@H]2[C@H]3C(=O)N[C@H](c4ccccc4)COC(=O)CC/C=C\[C@H]3O[C@@]23C=CCN(c2ccc4ccccc4c2)C(=O)[C@@H]13. The van der Waals surface area contributed by atoms with E-state index < -0.39 is 53.5 Å². The second-order valence-corrected chi connectivity index (χ2v) is 13.6. The van der Waals surface area contributed by atoms with Gasteiger partial charge in [-0.2, -0.15) is 0 Å². The molecule has 0 aromatic heterocycles. The Balaban J connectivity index is 1.33. The van der Waals surface area contributed by atoms with Gasteiger partial charge in [-0.1, -0.05) is 98.8 Å². The topological polar surface area (TPSA) is 125 Å². The minimum absolute atomic E-state index is 0.0753. The Hall–Kier alpha value is -4.80. The molecule has 4 aliphatic rings. The predicted molar refractivity (Wildman–Crippen MR) is 183 cm³/mol. The first-order chi connectivity index (χ1) is 23.7. The number of nitrogens with zero attached hydrogens (tertiary/aromatic N) is 2. The van der Waals surface area contributed by atoms with Crippen LogP contribution in [0.3, 0.4) is 0 Å². The third kappa shape index (κ3) is 5.72. The number of esters is 1. The molecule has 2 saturated heterocycles. The number of carbonyl (C=O) groups is 4. The van der Waals surface area contributed by atoms with Crippen molar-refractivity contribution in [3.05, 3.63) is 103 Å². The van der Waals surface area contributed by atoms with Gasteiger partial charge in [-0.05, 0) is 40.8 Å². The normalized spacial score (nSPS) is 30.1. The van der Waals surface area contributed by atoms with Gasteiger partial charge in [0, 0.05) is 18.7 Å². The fourth-order valence-electron chi connectivity index (χ4n) is 7.93. The maximum Gasteiger partial charge on any atom is 0.306 e. The molecule has 0 unspecified atom stereocenters. The zero-order chi connectivity index (χ0) is 34.3. The first-order valence-corrected chi connectivity index (χ1v) is 17.0. The molecule has 0 saturated carbocycles. The van der Waals surface area contributed by atoms with Gasteiger partial charge in [0.05, 0.1) is 36.6 Å². The Kier molecular flexibility index (Phi) is 8.85. The van der Waals surface area contributed by atoms with Crippen LogP contribution in [-0.4, -0.2) is 77.2 Å². The first-order valence-electron chi connectivity index (χ1n) is 17.0. The number of aliphatic hydroxyl groups excluding tert-OH is 1. The van der Waals surface area contributed by atoms with Crippen molar-refractivity contribution >= 4 is 40.2 Å². The molecule has 3 aromatic carbocycles. The third-order valence-corrected chi connectivity index (χ3v) is 10.4. The zero-order valence-corrected chi connectivity index (χ0v) is 27.6. The number of nitrogens with one attached hydrogen (secondary N) is 1. The van der Waals surface area contributed by atoms with Crippen LogP contribution < -0.4 is 10.2 Å². The highest BCUT2D eigenvalue weighted by atomic mass is 16.5. The van der Waals surface area contributed by atoms with Crippen molar-refractivity contribution in [2.75, 3.05) is 24.7 Å². The number of likely N-dealkylation sites (tertiary alicyclic amines) is 1. The molecule has 49 heavy (non-hydrogen) atoms. The molecule has 254 valence electrons. The van der Waals surface area contributed by atoms with E-state index in [2.05, 4.69) is 5.32 Å². The van der Waals surface area contributed by atoms with Crippen LogP contribution in [-0.2, 0) is 28.7 Å². The zero-order valence-electron chi connectivity index (χ0n) is 27.6. The molecule has 4 aliphatic heterocycles. The first kappa shape index (κ1) is 32.7. The fraction of sp³-hybridized carbons (Fsp3) is 0.385. The summed E-state index contributed by atoms with van der Waals surface area (Å²) in [5.41, 5.74) is -0.0772. The molecular weight excluding hydrogens is 622 g/mol. The molecule has 7 rings (SSSR count). The van der Waals surface area contributed by atoms with Crippen LogP contribution in [0.2, 0.25) is 0 Å². The van der Waals surface area contributed by atoms with E-state index in [1.807, 2.05) is 92.7 Å². The molecule has 10 nitrogen and oxygen atoms in total. The Labute approximate surface area is 285 Å². The Morgan fingerprint density at radius 2 is 1.69 bits per heavy atom. The number of cyclic esters (lactones) is 1. The number of fused-ring (bicyclic) bond motifs is 3. The quantitative estimate of drug-likeness (QED) is 0.311. The number of anilines is 1. The monoisotopic (exact) mass is 663 g/mol. The molecule has 2 fully saturated rings. The maximum absolute atomic E-state index is 15.0. The number of benzene rings is 3. The number of ether oxygens (including phenoxy) is 2. The number of aliphatic hydroxyl groups is 1. The van der Waals surface area contributed by atoms with E-state index in [-0.39, 0.29) is 44.0 Å². The predicted octanol–water partition coefficient (Wildman–Crippen LogP) is 4.09. The average Bonchev–Trinajstić information content (AvgIpc) is 3.49. The van der Waals surface area contributed by atoms with Crippen molar-refractivity contribution in [1.29, 1.82) is 0 Å². The molecule has 2 N–H and O–H groups in total. The summed E-state index contributed by atoms with van der Waals surface area (Å²) in [6, 6.07) is 20.4. The van der Waals surface area contributed by atoms with Gasteiger partial charge >= 0.3 is 5.97 Å². The summed E-state index contributed by atoms with van der Waals surface area (Å²) < 4.78 is 12.4. The number of amides is 3. The van der Waals surface area contributed by atoms with Gasteiger partial charge < -0.3 is 29.7 Å². The van der Waals surface area contributed by atoms with Gasteiger partial charge in [0.25, 0.3) is 5.91 Å². The molecular formula is C39H41N3O7. The highest BCUT2D eigenvalue weighted by Crippen LogP contribution is 2.54. The molecule has 3 aromatic rings. The Morgan fingerprint density at radius 1 is 0.939 bits per heavy atom. The van der Waals surface area contributed by atoms with Gasteiger partial charge in [0.15, 0.2) is 0 Å². The minimum atomic E-state index is -1.49. The van der Waals surface area contributed by atoms with E-state index >= 15 is 0 Å². The summed E-state index contributed by atoms with van der Waals surface area (Å²) in [6.07, 6.45) is 6.77. The van der Waals surface area contributed by atoms with Crippen LogP contribution in [0, 0.1) is 17.8 Å². The standard InChI is InChI=1S/C39H41N3O7/c1-24(2)30(22-43)42-35-38(47)41(28-18-17-25-11-6-7-14-27(25)21-28)20-10-19-39(35)34(37(42)46)33-31(49-39)15-8-9-16-32(44)48-23-29(40-36(33)45)26-12-4-3-5-13-26/h3-8,10-15,17-19,21,24,29-31,33-35,43H,9,16,20,22-23H2,1-2H3,(H,40,45)/b15-8-/t29-,30-,31+,33-,34-,35+,39-/m0/s1. The lowest BCUT2D eigenvalue weighted by atomic mass is 9.77. The highest BCUT2D eigenvalue weighted by molar-refractivity contribution is 6.06. The van der Waals surface area contributed by atoms with Crippen molar-refractivity contribution < 1.29 is 33.8 Å². The van der Waals surface area contributed by atoms with Gasteiger partial charge in [0.1, 0.15) is 18.2 Å². The molecule has 0 bridgehead atoms. The lowest BCUT2D eigenvalue weighted by Gasteiger charge is -2.39. The van der Waals surface area contributed by atoms with Crippen molar-refractivity contribution in [3.63, 3.8) is 0 Å². The summed E-state index contributed by atoms with van der Waals surface area (Å²) in [4.78, 5) is 60.0. The minimum Gasteiger partial charge on any atom is -0.463 e. The van der Waals surface area contributed by atoms with E-state index in [9.17, 15) is 24.3 Å². The Morgan fingerprint density at radius 3 is 2.45 bits per heavy atom. The summed E-state index contributed by atoms with van der Waals surface area (Å²) in [7, 11) is 0. The lowest BCUT2D eigenvalue weighted by Crippen LogP contribution is -2.59. The highest BCUT2D eigenvalue weighted by Gasteiger charge is 2.72. The number of allylic oxidation sites excluding steroid dienone is 1. The molecule has 3 amide bonds. The van der Waals surface area contributed by atoms with Crippen molar-refractivity contribution in [3.8, 4) is 0 Å². The van der Waals surface area contributed by atoms with E-state index in [4.69, 9.17) is 9.47 Å². The maximum atomic E-state index is 15.0. The number of carbonyl (C=O) groups excluding carboxylic acids is 4. The molecule has 0 aliphatic carbocycles.